The molecule has 1 aromatic carbocycles. The maximum atomic E-state index is 12.9. The van der Waals surface area contributed by atoms with Crippen LogP contribution in [-0.4, -0.2) is 30.8 Å². The molecule has 1 N–H and O–H groups in total. The molecule has 0 bridgehead atoms. The number of alkyl carbamates (subject to hydrolysis) is 1. The largest absolute Gasteiger partial charge is 0.460 e. The number of rotatable bonds is 4. The topological polar surface area (TPSA) is 64.6 Å². The molecular formula is C14H18FNO4. The zero-order valence-electron chi connectivity index (χ0n) is 11.7. The van der Waals surface area contributed by atoms with Crippen molar-refractivity contribution in [1.82, 2.24) is 5.32 Å². The van der Waals surface area contributed by atoms with E-state index in [1.54, 1.807) is 20.8 Å². The maximum absolute atomic E-state index is 12.9. The number of amides is 1. The Balaban J connectivity index is 2.28. The Kier molecular flexibility index (Phi) is 5.49. The fourth-order valence-corrected chi connectivity index (χ4v) is 1.31. The summed E-state index contributed by atoms with van der Waals surface area (Å²) in [5, 5.41) is 2.44. The van der Waals surface area contributed by atoms with Crippen molar-refractivity contribution in [3.8, 4) is 0 Å². The molecule has 0 heterocycles. The first-order valence-corrected chi connectivity index (χ1v) is 6.17. The summed E-state index contributed by atoms with van der Waals surface area (Å²) in [6, 6.07) is 5.20. The summed E-state index contributed by atoms with van der Waals surface area (Å²) in [4.78, 5) is 22.8. The molecule has 0 aliphatic rings. The minimum Gasteiger partial charge on any atom is -0.460 e. The molecule has 0 atom stereocenters. The van der Waals surface area contributed by atoms with Gasteiger partial charge in [-0.15, -0.1) is 0 Å². The van der Waals surface area contributed by atoms with Crippen LogP contribution < -0.4 is 5.32 Å². The van der Waals surface area contributed by atoms with Gasteiger partial charge in [-0.3, -0.25) is 0 Å². The summed E-state index contributed by atoms with van der Waals surface area (Å²) in [7, 11) is 0. The summed E-state index contributed by atoms with van der Waals surface area (Å²) in [5.74, 6) is -1.15. The van der Waals surface area contributed by atoms with Crippen molar-refractivity contribution in [2.24, 2.45) is 0 Å². The number of hydrogen-bond acceptors (Lipinski definition) is 4. The Bertz CT molecular complexity index is 482. The zero-order chi connectivity index (χ0) is 15.2. The third-order valence-electron chi connectivity index (χ3n) is 2.06. The van der Waals surface area contributed by atoms with Crippen molar-refractivity contribution < 1.29 is 23.5 Å². The Labute approximate surface area is 117 Å². The maximum Gasteiger partial charge on any atom is 0.407 e. The second-order valence-electron chi connectivity index (χ2n) is 5.07. The first kappa shape index (κ1) is 15.9. The van der Waals surface area contributed by atoms with Crippen molar-refractivity contribution in [2.75, 3.05) is 13.2 Å². The van der Waals surface area contributed by atoms with Crippen LogP contribution in [0, 0.1) is 5.82 Å². The molecule has 1 aromatic rings. The summed E-state index contributed by atoms with van der Waals surface area (Å²) in [6.07, 6.45) is -0.584. The lowest BCUT2D eigenvalue weighted by Crippen LogP contribution is -2.34. The number of nitrogens with one attached hydrogen (secondary N) is 1. The minimum absolute atomic E-state index is 0.0193. The zero-order valence-corrected chi connectivity index (χ0v) is 11.7. The quantitative estimate of drug-likeness (QED) is 0.681. The van der Waals surface area contributed by atoms with E-state index >= 15 is 0 Å². The van der Waals surface area contributed by atoms with E-state index in [2.05, 4.69) is 5.32 Å². The number of esters is 1. The number of carbonyl (C=O) groups excluding carboxylic acids is 2. The van der Waals surface area contributed by atoms with Crippen molar-refractivity contribution in [2.45, 2.75) is 26.4 Å². The van der Waals surface area contributed by atoms with Gasteiger partial charge < -0.3 is 14.8 Å². The van der Waals surface area contributed by atoms with Crippen LogP contribution in [0.3, 0.4) is 0 Å². The molecule has 1 rings (SSSR count). The highest BCUT2D eigenvalue weighted by Crippen LogP contribution is 2.06. The molecule has 0 unspecified atom stereocenters. The predicted molar refractivity (Wildman–Crippen MR) is 70.9 cm³/mol. The first-order chi connectivity index (χ1) is 9.28. The van der Waals surface area contributed by atoms with E-state index in [-0.39, 0.29) is 18.7 Å². The molecule has 6 heteroatoms. The second-order valence-corrected chi connectivity index (χ2v) is 5.07. The normalized spacial score (nSPS) is 10.8. The van der Waals surface area contributed by atoms with Gasteiger partial charge in [0, 0.05) is 0 Å². The standard InChI is InChI=1S/C14H18FNO4/c1-14(2,3)20-13(18)16-7-8-19-12(17)10-5-4-6-11(15)9-10/h4-6,9H,7-8H2,1-3H3,(H,16,18). The van der Waals surface area contributed by atoms with Gasteiger partial charge in [0.25, 0.3) is 0 Å². The monoisotopic (exact) mass is 283 g/mol. The molecule has 0 aliphatic carbocycles. The highest BCUT2D eigenvalue weighted by molar-refractivity contribution is 5.89. The minimum atomic E-state index is -0.643. The van der Waals surface area contributed by atoms with E-state index in [1.165, 1.54) is 18.2 Å². The van der Waals surface area contributed by atoms with Crippen LogP contribution in [0.15, 0.2) is 24.3 Å². The fraction of sp³-hybridized carbons (Fsp3) is 0.429. The molecule has 0 saturated heterocycles. The molecule has 5 nitrogen and oxygen atoms in total. The van der Waals surface area contributed by atoms with Crippen LogP contribution in [-0.2, 0) is 9.47 Å². The van der Waals surface area contributed by atoms with Crippen molar-refractivity contribution in [1.29, 1.82) is 0 Å². The molecule has 0 radical (unpaired) electrons. The van der Waals surface area contributed by atoms with Crippen LogP contribution in [0.5, 0.6) is 0 Å². The Hall–Kier alpha value is -2.11. The van der Waals surface area contributed by atoms with E-state index in [4.69, 9.17) is 9.47 Å². The molecule has 0 fully saturated rings. The molecule has 0 saturated carbocycles. The van der Waals surface area contributed by atoms with Crippen molar-refractivity contribution in [3.63, 3.8) is 0 Å². The van der Waals surface area contributed by atoms with E-state index in [1.807, 2.05) is 0 Å². The van der Waals surface area contributed by atoms with Gasteiger partial charge in [-0.25, -0.2) is 14.0 Å². The highest BCUT2D eigenvalue weighted by Gasteiger charge is 2.15. The fourth-order valence-electron chi connectivity index (χ4n) is 1.31. The van der Waals surface area contributed by atoms with Gasteiger partial charge in [-0.1, -0.05) is 6.07 Å². The van der Waals surface area contributed by atoms with Gasteiger partial charge in [0.15, 0.2) is 0 Å². The number of hydrogen-bond donors (Lipinski definition) is 1. The van der Waals surface area contributed by atoms with Crippen LogP contribution >= 0.6 is 0 Å². The molecule has 0 aliphatic heterocycles. The van der Waals surface area contributed by atoms with Gasteiger partial charge in [0.05, 0.1) is 12.1 Å². The predicted octanol–water partition coefficient (Wildman–Crippen LogP) is 2.51. The Morgan fingerprint density at radius 2 is 2.00 bits per heavy atom. The number of benzene rings is 1. The Morgan fingerprint density at radius 1 is 1.30 bits per heavy atom. The van der Waals surface area contributed by atoms with Crippen LogP contribution in [0.4, 0.5) is 9.18 Å². The van der Waals surface area contributed by atoms with Crippen LogP contribution in [0.2, 0.25) is 0 Å². The van der Waals surface area contributed by atoms with Gasteiger partial charge in [0.1, 0.15) is 18.0 Å². The van der Waals surface area contributed by atoms with E-state index in [0.717, 1.165) is 6.07 Å². The van der Waals surface area contributed by atoms with E-state index in [9.17, 15) is 14.0 Å². The molecule has 20 heavy (non-hydrogen) atoms. The number of halogens is 1. The lowest BCUT2D eigenvalue weighted by molar-refractivity contribution is 0.0433. The smallest absolute Gasteiger partial charge is 0.407 e. The Morgan fingerprint density at radius 3 is 2.60 bits per heavy atom. The average molecular weight is 283 g/mol. The lowest BCUT2D eigenvalue weighted by atomic mass is 10.2. The molecule has 110 valence electrons. The van der Waals surface area contributed by atoms with Gasteiger partial charge in [-0.05, 0) is 39.0 Å². The summed E-state index contributed by atoms with van der Waals surface area (Å²) >= 11 is 0. The van der Waals surface area contributed by atoms with Crippen LogP contribution in [0.1, 0.15) is 31.1 Å². The van der Waals surface area contributed by atoms with Gasteiger partial charge in [0.2, 0.25) is 0 Å². The average Bonchev–Trinajstić information content (AvgIpc) is 2.32. The second kappa shape index (κ2) is 6.88. The van der Waals surface area contributed by atoms with Crippen LogP contribution in [0.25, 0.3) is 0 Å². The third-order valence-corrected chi connectivity index (χ3v) is 2.06. The molecule has 0 spiro atoms. The lowest BCUT2D eigenvalue weighted by Gasteiger charge is -2.19. The van der Waals surface area contributed by atoms with Crippen molar-refractivity contribution >= 4 is 12.1 Å². The summed E-state index contributed by atoms with van der Waals surface area (Å²) < 4.78 is 22.8. The van der Waals surface area contributed by atoms with Gasteiger partial charge in [-0.2, -0.15) is 0 Å². The highest BCUT2D eigenvalue weighted by atomic mass is 19.1. The van der Waals surface area contributed by atoms with E-state index < -0.39 is 23.5 Å². The number of ether oxygens (including phenoxy) is 2. The van der Waals surface area contributed by atoms with E-state index in [0.29, 0.717) is 0 Å². The summed E-state index contributed by atoms with van der Waals surface area (Å²) in [5.41, 5.74) is -0.454. The molecular weight excluding hydrogens is 265 g/mol. The van der Waals surface area contributed by atoms with Gasteiger partial charge >= 0.3 is 12.1 Å². The van der Waals surface area contributed by atoms with Crippen molar-refractivity contribution in [3.05, 3.63) is 35.6 Å². The summed E-state index contributed by atoms with van der Waals surface area (Å²) in [6.45, 7) is 5.34. The first-order valence-electron chi connectivity index (χ1n) is 6.17. The molecule has 0 aromatic heterocycles. The third kappa shape index (κ3) is 6.17. The SMILES string of the molecule is CC(C)(C)OC(=O)NCCOC(=O)c1cccc(F)c1. The number of carbonyl (C=O) groups is 2. The molecule has 1 amide bonds.